The van der Waals surface area contributed by atoms with Gasteiger partial charge in [-0.15, -0.1) is 5.10 Å². The highest BCUT2D eigenvalue weighted by molar-refractivity contribution is 7.05. The molecule has 1 aromatic heterocycles. The van der Waals surface area contributed by atoms with Crippen molar-refractivity contribution in [2.45, 2.75) is 64.0 Å². The Morgan fingerprint density at radius 1 is 1.58 bits per heavy atom. The maximum absolute atomic E-state index is 5.69. The lowest BCUT2D eigenvalue weighted by Crippen LogP contribution is -2.28. The van der Waals surface area contributed by atoms with Gasteiger partial charge < -0.3 is 4.74 Å². The molecule has 108 valence electrons. The molecule has 0 aliphatic carbocycles. The summed E-state index contributed by atoms with van der Waals surface area (Å²) in [5.74, 6) is 5.69. The van der Waals surface area contributed by atoms with Gasteiger partial charge in [0, 0.05) is 6.61 Å². The molecule has 0 radical (unpaired) electrons. The van der Waals surface area contributed by atoms with Crippen LogP contribution in [0.1, 0.15) is 62.1 Å². The molecule has 1 fully saturated rings. The van der Waals surface area contributed by atoms with Crippen LogP contribution in [0.25, 0.3) is 0 Å². The first kappa shape index (κ1) is 14.8. The van der Waals surface area contributed by atoms with Crippen LogP contribution in [0.15, 0.2) is 0 Å². The van der Waals surface area contributed by atoms with E-state index in [4.69, 9.17) is 10.6 Å². The van der Waals surface area contributed by atoms with Crippen molar-refractivity contribution in [3.8, 4) is 0 Å². The minimum absolute atomic E-state index is 0.183. The molecule has 2 atom stereocenters. The topological polar surface area (TPSA) is 73.1 Å². The molecule has 2 rings (SSSR count). The number of hydrogen-bond donors (Lipinski definition) is 2. The Hall–Kier alpha value is -0.560. The van der Waals surface area contributed by atoms with E-state index in [1.165, 1.54) is 29.3 Å². The molecule has 6 heteroatoms. The predicted molar refractivity (Wildman–Crippen MR) is 76.8 cm³/mol. The molecule has 0 aromatic carbocycles. The lowest BCUT2D eigenvalue weighted by molar-refractivity contribution is 0.101. The second-order valence-corrected chi connectivity index (χ2v) is 5.90. The summed E-state index contributed by atoms with van der Waals surface area (Å²) in [7, 11) is 0. The molecule has 2 unspecified atom stereocenters. The second kappa shape index (κ2) is 7.89. The van der Waals surface area contributed by atoms with Crippen molar-refractivity contribution in [1.82, 2.24) is 15.0 Å². The molecule has 3 N–H and O–H groups in total. The summed E-state index contributed by atoms with van der Waals surface area (Å²) in [4.78, 5) is 1.21. The summed E-state index contributed by atoms with van der Waals surface area (Å²) in [5, 5.41) is 4.21. The van der Waals surface area contributed by atoms with E-state index >= 15 is 0 Å². The van der Waals surface area contributed by atoms with E-state index in [-0.39, 0.29) is 6.04 Å². The summed E-state index contributed by atoms with van der Waals surface area (Å²) in [5.41, 5.74) is 4.02. The fourth-order valence-electron chi connectivity index (χ4n) is 2.60. The Morgan fingerprint density at radius 2 is 2.47 bits per heavy atom. The highest BCUT2D eigenvalue weighted by Crippen LogP contribution is 2.27. The molecule has 1 aliphatic rings. The van der Waals surface area contributed by atoms with Crippen LogP contribution in [0.5, 0.6) is 0 Å². The number of nitrogens with zero attached hydrogens (tertiary/aromatic N) is 2. The molecule has 1 aliphatic heterocycles. The SMILES string of the molecule is CCCc1nnsc1C(CCCC1CCCO1)NN. The van der Waals surface area contributed by atoms with Crippen LogP contribution in [-0.4, -0.2) is 22.3 Å². The van der Waals surface area contributed by atoms with E-state index in [9.17, 15) is 0 Å². The van der Waals surface area contributed by atoms with Crippen LogP contribution < -0.4 is 11.3 Å². The van der Waals surface area contributed by atoms with Gasteiger partial charge in [0.05, 0.1) is 22.7 Å². The van der Waals surface area contributed by atoms with Gasteiger partial charge in [-0.05, 0) is 50.1 Å². The normalized spacial score (nSPS) is 20.8. The summed E-state index contributed by atoms with van der Waals surface area (Å²) >= 11 is 1.47. The molecular weight excluding hydrogens is 260 g/mol. The molecule has 19 heavy (non-hydrogen) atoms. The number of aromatic nitrogens is 2. The number of ether oxygens (including phenoxy) is 1. The zero-order valence-corrected chi connectivity index (χ0v) is 12.4. The van der Waals surface area contributed by atoms with Crippen molar-refractivity contribution in [3.63, 3.8) is 0 Å². The summed E-state index contributed by atoms with van der Waals surface area (Å²) in [6, 6.07) is 0.183. The average molecular weight is 284 g/mol. The van der Waals surface area contributed by atoms with Gasteiger partial charge in [-0.1, -0.05) is 17.8 Å². The molecule has 1 saturated heterocycles. The van der Waals surface area contributed by atoms with Gasteiger partial charge in [0.1, 0.15) is 0 Å². The largest absolute Gasteiger partial charge is 0.378 e. The van der Waals surface area contributed by atoms with E-state index in [0.717, 1.165) is 44.4 Å². The predicted octanol–water partition coefficient (Wildman–Crippen LogP) is 2.34. The quantitative estimate of drug-likeness (QED) is 0.566. The minimum Gasteiger partial charge on any atom is -0.378 e. The first-order valence-electron chi connectivity index (χ1n) is 7.24. The fraction of sp³-hybridized carbons (Fsp3) is 0.846. The standard InChI is InChI=1S/C13H24N4OS/c1-2-5-12-13(19-17-16-12)11(15-14)8-3-6-10-7-4-9-18-10/h10-11,15H,2-9,14H2,1H3. The third-order valence-electron chi connectivity index (χ3n) is 3.63. The zero-order valence-electron chi connectivity index (χ0n) is 11.6. The van der Waals surface area contributed by atoms with Gasteiger partial charge in [-0.3, -0.25) is 11.3 Å². The lowest BCUT2D eigenvalue weighted by atomic mass is 10.0. The van der Waals surface area contributed by atoms with Gasteiger partial charge in [0.25, 0.3) is 0 Å². The Morgan fingerprint density at radius 3 is 3.16 bits per heavy atom. The number of rotatable bonds is 8. The number of hydrogen-bond acceptors (Lipinski definition) is 6. The van der Waals surface area contributed by atoms with E-state index in [2.05, 4.69) is 21.9 Å². The average Bonchev–Trinajstić information content (AvgIpc) is 3.07. The molecule has 5 nitrogen and oxygen atoms in total. The second-order valence-electron chi connectivity index (χ2n) is 5.12. The number of nitrogens with two attached hydrogens (primary N) is 1. The Labute approximate surface area is 119 Å². The molecule has 1 aromatic rings. The third kappa shape index (κ3) is 4.21. The monoisotopic (exact) mass is 284 g/mol. The Bertz CT molecular complexity index is 365. The van der Waals surface area contributed by atoms with Gasteiger partial charge in [-0.2, -0.15) is 0 Å². The zero-order chi connectivity index (χ0) is 13.5. The molecule has 2 heterocycles. The molecular formula is C13H24N4OS. The maximum Gasteiger partial charge on any atom is 0.0804 e. The van der Waals surface area contributed by atoms with Gasteiger partial charge >= 0.3 is 0 Å². The third-order valence-corrected chi connectivity index (χ3v) is 4.51. The van der Waals surface area contributed by atoms with Crippen LogP contribution >= 0.6 is 11.5 Å². The van der Waals surface area contributed by atoms with E-state index in [0.29, 0.717) is 6.10 Å². The summed E-state index contributed by atoms with van der Waals surface area (Å²) in [6.07, 6.45) is 8.25. The van der Waals surface area contributed by atoms with E-state index in [1.807, 2.05) is 0 Å². The first-order valence-corrected chi connectivity index (χ1v) is 8.01. The maximum atomic E-state index is 5.69. The summed E-state index contributed by atoms with van der Waals surface area (Å²) in [6.45, 7) is 3.09. The van der Waals surface area contributed by atoms with E-state index in [1.54, 1.807) is 0 Å². The molecule has 0 amide bonds. The highest BCUT2D eigenvalue weighted by atomic mass is 32.1. The number of aryl methyl sites for hydroxylation is 1. The Balaban J connectivity index is 1.82. The van der Waals surface area contributed by atoms with Crippen LogP contribution in [0.3, 0.4) is 0 Å². The highest BCUT2D eigenvalue weighted by Gasteiger charge is 2.20. The van der Waals surface area contributed by atoms with Gasteiger partial charge in [0.2, 0.25) is 0 Å². The van der Waals surface area contributed by atoms with Gasteiger partial charge in [0.15, 0.2) is 0 Å². The number of hydrazine groups is 1. The molecule has 0 saturated carbocycles. The van der Waals surface area contributed by atoms with Crippen molar-refractivity contribution < 1.29 is 4.74 Å². The van der Waals surface area contributed by atoms with Gasteiger partial charge in [-0.25, -0.2) is 0 Å². The molecule has 0 spiro atoms. The fourth-order valence-corrected chi connectivity index (χ4v) is 3.39. The minimum atomic E-state index is 0.183. The molecule has 0 bridgehead atoms. The van der Waals surface area contributed by atoms with Crippen molar-refractivity contribution >= 4 is 11.5 Å². The van der Waals surface area contributed by atoms with Crippen LogP contribution in [0.4, 0.5) is 0 Å². The van der Waals surface area contributed by atoms with Crippen molar-refractivity contribution in [2.24, 2.45) is 5.84 Å². The first-order chi connectivity index (χ1) is 9.35. The smallest absolute Gasteiger partial charge is 0.0804 e. The van der Waals surface area contributed by atoms with Crippen molar-refractivity contribution in [3.05, 3.63) is 10.6 Å². The van der Waals surface area contributed by atoms with Crippen LogP contribution in [-0.2, 0) is 11.2 Å². The van der Waals surface area contributed by atoms with Crippen molar-refractivity contribution in [1.29, 1.82) is 0 Å². The number of nitrogens with one attached hydrogen (secondary N) is 1. The lowest BCUT2D eigenvalue weighted by Gasteiger charge is -2.16. The van der Waals surface area contributed by atoms with E-state index < -0.39 is 0 Å². The summed E-state index contributed by atoms with van der Waals surface area (Å²) < 4.78 is 9.71. The van der Waals surface area contributed by atoms with Crippen LogP contribution in [0.2, 0.25) is 0 Å². The van der Waals surface area contributed by atoms with Crippen LogP contribution in [0, 0.1) is 0 Å². The van der Waals surface area contributed by atoms with Crippen molar-refractivity contribution in [2.75, 3.05) is 6.61 Å². The Kier molecular flexibility index (Phi) is 6.16.